The number of amides is 2. The standard InChI is InChI=1S/C17H20N6O3/c1-10-5-7-13(8-6-10)15-19-16(26-22-15)11(2)18-17(24)23(4)9-14-21-20-12(3)25-14/h5-8,11H,9H2,1-4H3,(H,18,24). The van der Waals surface area contributed by atoms with E-state index in [1.165, 1.54) is 4.90 Å². The maximum atomic E-state index is 12.3. The zero-order valence-corrected chi connectivity index (χ0v) is 15.1. The van der Waals surface area contributed by atoms with Gasteiger partial charge < -0.3 is 19.2 Å². The maximum Gasteiger partial charge on any atom is 0.318 e. The molecule has 3 rings (SSSR count). The molecule has 1 N–H and O–H groups in total. The van der Waals surface area contributed by atoms with Gasteiger partial charge in [-0.15, -0.1) is 10.2 Å². The molecule has 1 aromatic carbocycles. The molecule has 0 saturated heterocycles. The Kier molecular flexibility index (Phi) is 4.97. The fourth-order valence-corrected chi connectivity index (χ4v) is 2.26. The molecule has 0 fully saturated rings. The Morgan fingerprint density at radius 1 is 1.23 bits per heavy atom. The Morgan fingerprint density at radius 3 is 2.62 bits per heavy atom. The van der Waals surface area contributed by atoms with Gasteiger partial charge in [-0.05, 0) is 13.8 Å². The summed E-state index contributed by atoms with van der Waals surface area (Å²) in [5, 5.41) is 14.4. The summed E-state index contributed by atoms with van der Waals surface area (Å²) in [7, 11) is 1.63. The van der Waals surface area contributed by atoms with Gasteiger partial charge in [-0.25, -0.2) is 4.79 Å². The molecule has 0 aliphatic carbocycles. The first-order valence-corrected chi connectivity index (χ1v) is 8.13. The van der Waals surface area contributed by atoms with Gasteiger partial charge in [-0.2, -0.15) is 4.98 Å². The Balaban J connectivity index is 1.61. The molecule has 0 saturated carbocycles. The quantitative estimate of drug-likeness (QED) is 0.748. The van der Waals surface area contributed by atoms with E-state index in [4.69, 9.17) is 8.94 Å². The average molecular weight is 356 g/mol. The van der Waals surface area contributed by atoms with E-state index in [0.29, 0.717) is 23.5 Å². The lowest BCUT2D eigenvalue weighted by Gasteiger charge is -2.18. The lowest BCUT2D eigenvalue weighted by atomic mass is 10.1. The van der Waals surface area contributed by atoms with Crippen LogP contribution in [0.4, 0.5) is 4.79 Å². The van der Waals surface area contributed by atoms with Crippen molar-refractivity contribution in [3.8, 4) is 11.4 Å². The Labute approximate surface area is 150 Å². The number of benzene rings is 1. The van der Waals surface area contributed by atoms with Gasteiger partial charge >= 0.3 is 6.03 Å². The molecular weight excluding hydrogens is 336 g/mol. The van der Waals surface area contributed by atoms with Crippen LogP contribution in [0.3, 0.4) is 0 Å². The van der Waals surface area contributed by atoms with Crippen molar-refractivity contribution in [2.45, 2.75) is 33.4 Å². The second-order valence-corrected chi connectivity index (χ2v) is 6.06. The van der Waals surface area contributed by atoms with Gasteiger partial charge in [0.25, 0.3) is 0 Å². The summed E-state index contributed by atoms with van der Waals surface area (Å²) in [6.07, 6.45) is 0. The van der Waals surface area contributed by atoms with Gasteiger partial charge in [0.15, 0.2) is 0 Å². The highest BCUT2D eigenvalue weighted by Crippen LogP contribution is 2.19. The summed E-state index contributed by atoms with van der Waals surface area (Å²) < 4.78 is 10.5. The van der Waals surface area contributed by atoms with Gasteiger partial charge in [0.2, 0.25) is 23.5 Å². The van der Waals surface area contributed by atoms with Crippen LogP contribution in [0.25, 0.3) is 11.4 Å². The van der Waals surface area contributed by atoms with Gasteiger partial charge in [0.1, 0.15) is 12.6 Å². The van der Waals surface area contributed by atoms with E-state index in [2.05, 4.69) is 25.7 Å². The normalized spacial score (nSPS) is 12.0. The molecule has 9 nitrogen and oxygen atoms in total. The minimum atomic E-state index is -0.443. The van der Waals surface area contributed by atoms with E-state index in [0.717, 1.165) is 11.1 Å². The Morgan fingerprint density at radius 2 is 1.96 bits per heavy atom. The number of hydrogen-bond acceptors (Lipinski definition) is 7. The number of nitrogens with zero attached hydrogens (tertiary/aromatic N) is 5. The van der Waals surface area contributed by atoms with Crippen LogP contribution in [0, 0.1) is 13.8 Å². The van der Waals surface area contributed by atoms with Gasteiger partial charge in [-0.1, -0.05) is 35.0 Å². The van der Waals surface area contributed by atoms with Gasteiger partial charge in [0.05, 0.1) is 0 Å². The molecule has 0 aliphatic rings. The van der Waals surface area contributed by atoms with Crippen molar-refractivity contribution in [3.63, 3.8) is 0 Å². The van der Waals surface area contributed by atoms with Crippen LogP contribution in [0.1, 0.15) is 36.2 Å². The molecule has 1 atom stereocenters. The van der Waals surface area contributed by atoms with Crippen LogP contribution in [-0.2, 0) is 6.54 Å². The number of carbonyl (C=O) groups is 1. The fraction of sp³-hybridized carbons (Fsp3) is 0.353. The molecule has 3 aromatic rings. The van der Waals surface area contributed by atoms with E-state index in [9.17, 15) is 4.79 Å². The van der Waals surface area contributed by atoms with Crippen LogP contribution >= 0.6 is 0 Å². The molecule has 0 aliphatic heterocycles. The molecule has 2 amide bonds. The van der Waals surface area contributed by atoms with E-state index >= 15 is 0 Å². The molecular formula is C17H20N6O3. The number of aryl methyl sites for hydroxylation is 2. The van der Waals surface area contributed by atoms with Crippen LogP contribution in [0.15, 0.2) is 33.2 Å². The predicted octanol–water partition coefficient (Wildman–Crippen LogP) is 2.64. The van der Waals surface area contributed by atoms with E-state index in [-0.39, 0.29) is 12.6 Å². The van der Waals surface area contributed by atoms with Crippen LogP contribution in [0.2, 0.25) is 0 Å². The van der Waals surface area contributed by atoms with Crippen molar-refractivity contribution < 1.29 is 13.7 Å². The molecule has 1 unspecified atom stereocenters. The summed E-state index contributed by atoms with van der Waals surface area (Å²) in [5.74, 6) is 1.63. The lowest BCUT2D eigenvalue weighted by molar-refractivity contribution is 0.195. The monoisotopic (exact) mass is 356 g/mol. The van der Waals surface area contributed by atoms with Crippen molar-refractivity contribution in [2.75, 3.05) is 7.05 Å². The number of aromatic nitrogens is 4. The summed E-state index contributed by atoms with van der Waals surface area (Å²) in [6, 6.07) is 7.04. The third-order valence-electron chi connectivity index (χ3n) is 3.75. The highest BCUT2D eigenvalue weighted by atomic mass is 16.5. The summed E-state index contributed by atoms with van der Waals surface area (Å²) >= 11 is 0. The molecule has 0 bridgehead atoms. The van der Waals surface area contributed by atoms with E-state index < -0.39 is 6.04 Å². The largest absolute Gasteiger partial charge is 0.424 e. The van der Waals surface area contributed by atoms with Crippen LogP contribution in [-0.4, -0.2) is 38.3 Å². The topological polar surface area (TPSA) is 110 Å². The van der Waals surface area contributed by atoms with Crippen LogP contribution < -0.4 is 5.32 Å². The van der Waals surface area contributed by atoms with Gasteiger partial charge in [-0.3, -0.25) is 0 Å². The fourth-order valence-electron chi connectivity index (χ4n) is 2.26. The number of urea groups is 1. The van der Waals surface area contributed by atoms with Crippen molar-refractivity contribution >= 4 is 6.03 Å². The lowest BCUT2D eigenvalue weighted by Crippen LogP contribution is -2.38. The SMILES string of the molecule is Cc1ccc(-c2noc(C(C)NC(=O)N(C)Cc3nnc(C)o3)n2)cc1. The van der Waals surface area contributed by atoms with Gasteiger partial charge in [0, 0.05) is 19.5 Å². The second-order valence-electron chi connectivity index (χ2n) is 6.06. The van der Waals surface area contributed by atoms with Crippen molar-refractivity contribution in [1.82, 2.24) is 30.6 Å². The molecule has 0 radical (unpaired) electrons. The van der Waals surface area contributed by atoms with Crippen molar-refractivity contribution in [2.24, 2.45) is 0 Å². The molecule has 2 heterocycles. The zero-order valence-electron chi connectivity index (χ0n) is 15.1. The first kappa shape index (κ1) is 17.6. The molecule has 0 spiro atoms. The third kappa shape index (κ3) is 4.05. The van der Waals surface area contributed by atoms with Crippen LogP contribution in [0.5, 0.6) is 0 Å². The number of nitrogens with one attached hydrogen (secondary N) is 1. The summed E-state index contributed by atoms with van der Waals surface area (Å²) in [6.45, 7) is 5.68. The summed E-state index contributed by atoms with van der Waals surface area (Å²) in [5.41, 5.74) is 2.01. The number of rotatable bonds is 5. The average Bonchev–Trinajstić information content (AvgIpc) is 3.25. The Hall–Kier alpha value is -3.23. The smallest absolute Gasteiger partial charge is 0.318 e. The molecule has 26 heavy (non-hydrogen) atoms. The minimum Gasteiger partial charge on any atom is -0.424 e. The number of carbonyl (C=O) groups excluding carboxylic acids is 1. The zero-order chi connectivity index (χ0) is 18.7. The predicted molar refractivity (Wildman–Crippen MR) is 91.9 cm³/mol. The van der Waals surface area contributed by atoms with Crippen molar-refractivity contribution in [1.29, 1.82) is 0 Å². The maximum absolute atomic E-state index is 12.3. The molecule has 9 heteroatoms. The van der Waals surface area contributed by atoms with Crippen molar-refractivity contribution in [3.05, 3.63) is 47.5 Å². The highest BCUT2D eigenvalue weighted by Gasteiger charge is 2.20. The first-order valence-electron chi connectivity index (χ1n) is 8.13. The highest BCUT2D eigenvalue weighted by molar-refractivity contribution is 5.74. The molecule has 2 aromatic heterocycles. The van der Waals surface area contributed by atoms with E-state index in [1.54, 1.807) is 20.9 Å². The Bertz CT molecular complexity index is 886. The summed E-state index contributed by atoms with van der Waals surface area (Å²) in [4.78, 5) is 18.1. The first-order chi connectivity index (χ1) is 12.4. The molecule has 136 valence electrons. The number of hydrogen-bond donors (Lipinski definition) is 1. The third-order valence-corrected chi connectivity index (χ3v) is 3.75. The van der Waals surface area contributed by atoms with E-state index in [1.807, 2.05) is 31.2 Å². The second kappa shape index (κ2) is 7.34. The minimum absolute atomic E-state index is 0.206.